The molecule has 6 nitrogen and oxygen atoms in total. The van der Waals surface area contributed by atoms with Crippen LogP contribution in [-0.2, 0) is 10.0 Å². The van der Waals surface area contributed by atoms with Gasteiger partial charge in [0.1, 0.15) is 5.82 Å². The number of rotatable bonds is 6. The Kier molecular flexibility index (Phi) is 6.11. The first-order valence-electron chi connectivity index (χ1n) is 12.5. The van der Waals surface area contributed by atoms with Gasteiger partial charge in [-0.25, -0.2) is 17.8 Å². The van der Waals surface area contributed by atoms with E-state index < -0.39 is 10.0 Å². The van der Waals surface area contributed by atoms with E-state index in [1.807, 2.05) is 36.5 Å². The summed E-state index contributed by atoms with van der Waals surface area (Å²) in [6.07, 6.45) is 9.34. The molecule has 1 N–H and O–H groups in total. The molecule has 0 saturated carbocycles. The minimum absolute atomic E-state index is 0.00263. The van der Waals surface area contributed by atoms with E-state index in [2.05, 4.69) is 20.9 Å². The number of hydrogen-bond acceptors (Lipinski definition) is 4. The highest BCUT2D eigenvalue weighted by atomic mass is 32.2. The van der Waals surface area contributed by atoms with E-state index in [9.17, 15) is 12.8 Å². The van der Waals surface area contributed by atoms with Crippen molar-refractivity contribution in [1.29, 1.82) is 0 Å². The van der Waals surface area contributed by atoms with E-state index in [1.165, 1.54) is 17.7 Å². The highest BCUT2D eigenvalue weighted by Gasteiger charge is 2.36. The maximum atomic E-state index is 13.5. The molecule has 2 aromatic heterocycles. The quantitative estimate of drug-likeness (QED) is 0.393. The van der Waals surface area contributed by atoms with Crippen molar-refractivity contribution in [3.8, 4) is 0 Å². The predicted octanol–water partition coefficient (Wildman–Crippen LogP) is 5.19. The largest absolute Gasteiger partial charge is 0.360 e. The number of aromatic amines is 1. The maximum Gasteiger partial charge on any atom is 0.260 e. The van der Waals surface area contributed by atoms with Crippen molar-refractivity contribution < 1.29 is 12.8 Å². The molecule has 2 aliphatic heterocycles. The van der Waals surface area contributed by atoms with Gasteiger partial charge in [-0.15, -0.1) is 0 Å². The third-order valence-electron chi connectivity index (χ3n) is 7.56. The Bertz CT molecular complexity index is 1560. The lowest BCUT2D eigenvalue weighted by atomic mass is 9.98. The standard InChI is InChI=1S/C28H29FN4O2S/c29-23-7-8-25-26(19-30-27(25)17-23)20-9-13-32(14-10-20)15-11-24-6-3-12-33(24)36(34,35)28-16-21-4-1-2-5-22(21)18-31-28/h1-2,4-5,7-9,16-19,24,30H,3,6,10-15H2. The minimum atomic E-state index is -3.63. The van der Waals surface area contributed by atoms with Gasteiger partial charge in [-0.05, 0) is 67.5 Å². The van der Waals surface area contributed by atoms with Gasteiger partial charge in [0, 0.05) is 59.9 Å². The van der Waals surface area contributed by atoms with Crippen LogP contribution in [0.5, 0.6) is 0 Å². The molecule has 1 unspecified atom stereocenters. The van der Waals surface area contributed by atoms with Gasteiger partial charge in [0.15, 0.2) is 5.03 Å². The van der Waals surface area contributed by atoms with E-state index in [0.29, 0.717) is 6.54 Å². The van der Waals surface area contributed by atoms with E-state index in [1.54, 1.807) is 16.6 Å². The summed E-state index contributed by atoms with van der Waals surface area (Å²) < 4.78 is 42.1. The molecule has 6 rings (SSSR count). The summed E-state index contributed by atoms with van der Waals surface area (Å²) in [4.78, 5) is 9.86. The topological polar surface area (TPSA) is 69.3 Å². The third-order valence-corrected chi connectivity index (χ3v) is 9.41. The average Bonchev–Trinajstić information content (AvgIpc) is 3.55. The molecule has 1 atom stereocenters. The lowest BCUT2D eigenvalue weighted by Gasteiger charge is -2.29. The molecule has 2 aromatic carbocycles. The zero-order valence-electron chi connectivity index (χ0n) is 20.0. The van der Waals surface area contributed by atoms with Crippen molar-refractivity contribution in [3.63, 3.8) is 0 Å². The lowest BCUT2D eigenvalue weighted by Crippen LogP contribution is -2.39. The Hall–Kier alpha value is -3.07. The molecule has 2 aliphatic rings. The first kappa shape index (κ1) is 23.3. The Morgan fingerprint density at radius 1 is 1.08 bits per heavy atom. The fourth-order valence-corrected chi connectivity index (χ4v) is 7.27. The molecule has 186 valence electrons. The molecule has 36 heavy (non-hydrogen) atoms. The highest BCUT2D eigenvalue weighted by Crippen LogP contribution is 2.31. The molecular formula is C28H29FN4O2S. The molecule has 4 aromatic rings. The first-order chi connectivity index (χ1) is 17.5. The Morgan fingerprint density at radius 3 is 2.78 bits per heavy atom. The van der Waals surface area contributed by atoms with Crippen molar-refractivity contribution in [1.82, 2.24) is 19.2 Å². The number of aromatic nitrogens is 2. The van der Waals surface area contributed by atoms with Crippen LogP contribution in [0.25, 0.3) is 27.2 Å². The number of nitrogens with one attached hydrogen (secondary N) is 1. The van der Waals surface area contributed by atoms with Gasteiger partial charge >= 0.3 is 0 Å². The third kappa shape index (κ3) is 4.34. The van der Waals surface area contributed by atoms with Crippen LogP contribution < -0.4 is 0 Å². The molecule has 0 spiro atoms. The van der Waals surface area contributed by atoms with Crippen molar-refractivity contribution >= 4 is 37.3 Å². The van der Waals surface area contributed by atoms with Crippen LogP contribution in [0, 0.1) is 5.82 Å². The number of pyridine rings is 1. The summed E-state index contributed by atoms with van der Waals surface area (Å²) in [5.41, 5.74) is 3.23. The number of fused-ring (bicyclic) bond motifs is 2. The number of nitrogens with zero attached hydrogens (tertiary/aromatic N) is 3. The van der Waals surface area contributed by atoms with Crippen molar-refractivity contribution in [2.45, 2.75) is 36.8 Å². The Balaban J connectivity index is 1.12. The number of H-pyrrole nitrogens is 1. The van der Waals surface area contributed by atoms with Crippen molar-refractivity contribution in [2.24, 2.45) is 0 Å². The van der Waals surface area contributed by atoms with Crippen LogP contribution in [0.2, 0.25) is 0 Å². The Labute approximate surface area is 210 Å². The van der Waals surface area contributed by atoms with E-state index >= 15 is 0 Å². The average molecular weight is 505 g/mol. The van der Waals surface area contributed by atoms with Gasteiger partial charge < -0.3 is 4.98 Å². The van der Waals surface area contributed by atoms with Crippen LogP contribution in [0.3, 0.4) is 0 Å². The van der Waals surface area contributed by atoms with Crippen LogP contribution in [0.1, 0.15) is 31.2 Å². The maximum absolute atomic E-state index is 13.5. The molecule has 1 fully saturated rings. The minimum Gasteiger partial charge on any atom is -0.360 e. The molecule has 8 heteroatoms. The van der Waals surface area contributed by atoms with E-state index in [0.717, 1.165) is 72.6 Å². The Morgan fingerprint density at radius 2 is 1.94 bits per heavy atom. The van der Waals surface area contributed by atoms with Gasteiger partial charge in [0.25, 0.3) is 10.0 Å². The fraction of sp³-hybridized carbons (Fsp3) is 0.321. The first-order valence-corrected chi connectivity index (χ1v) is 14.0. The summed E-state index contributed by atoms with van der Waals surface area (Å²) in [6, 6.07) is 14.3. The van der Waals surface area contributed by atoms with Crippen LogP contribution in [-0.4, -0.2) is 59.8 Å². The highest BCUT2D eigenvalue weighted by molar-refractivity contribution is 7.89. The van der Waals surface area contributed by atoms with Gasteiger partial charge in [0.2, 0.25) is 0 Å². The summed E-state index contributed by atoms with van der Waals surface area (Å²) >= 11 is 0. The normalized spacial score (nSPS) is 19.8. The van der Waals surface area contributed by atoms with Crippen molar-refractivity contribution in [3.05, 3.63) is 78.4 Å². The second-order valence-electron chi connectivity index (χ2n) is 9.74. The second kappa shape index (κ2) is 9.42. The van der Waals surface area contributed by atoms with Gasteiger partial charge in [-0.2, -0.15) is 4.31 Å². The van der Waals surface area contributed by atoms with Gasteiger partial charge in [-0.1, -0.05) is 30.3 Å². The lowest BCUT2D eigenvalue weighted by molar-refractivity contribution is 0.262. The second-order valence-corrected chi connectivity index (χ2v) is 11.6. The summed E-state index contributed by atoms with van der Waals surface area (Å²) in [5, 5.41) is 3.01. The molecule has 0 radical (unpaired) electrons. The number of hydrogen-bond donors (Lipinski definition) is 1. The summed E-state index contributed by atoms with van der Waals surface area (Å²) in [5.74, 6) is -0.237. The number of halogens is 1. The molecular weight excluding hydrogens is 475 g/mol. The monoisotopic (exact) mass is 504 g/mol. The predicted molar refractivity (Wildman–Crippen MR) is 141 cm³/mol. The molecule has 0 bridgehead atoms. The van der Waals surface area contributed by atoms with Crippen molar-refractivity contribution in [2.75, 3.05) is 26.2 Å². The van der Waals surface area contributed by atoms with Gasteiger partial charge in [0.05, 0.1) is 0 Å². The van der Waals surface area contributed by atoms with Crippen LogP contribution in [0.4, 0.5) is 4.39 Å². The van der Waals surface area contributed by atoms with E-state index in [-0.39, 0.29) is 16.9 Å². The number of benzene rings is 2. The molecule has 0 amide bonds. The van der Waals surface area contributed by atoms with Crippen LogP contribution in [0.15, 0.2) is 72.0 Å². The fourth-order valence-electron chi connectivity index (χ4n) is 5.59. The smallest absolute Gasteiger partial charge is 0.260 e. The van der Waals surface area contributed by atoms with E-state index in [4.69, 9.17) is 0 Å². The molecule has 0 aliphatic carbocycles. The zero-order valence-corrected chi connectivity index (χ0v) is 20.8. The summed E-state index contributed by atoms with van der Waals surface area (Å²) in [6.45, 7) is 3.15. The molecule has 4 heterocycles. The summed E-state index contributed by atoms with van der Waals surface area (Å²) in [7, 11) is -3.63. The zero-order chi connectivity index (χ0) is 24.7. The number of sulfonamides is 1. The van der Waals surface area contributed by atoms with Gasteiger partial charge in [-0.3, -0.25) is 4.90 Å². The SMILES string of the molecule is O=S(=O)(c1cc2ccccc2cn1)N1CCCC1CCN1CC=C(c2c[nH]c3cc(F)ccc23)CC1. The van der Waals surface area contributed by atoms with Crippen LogP contribution >= 0.6 is 0 Å². The molecule has 1 saturated heterocycles.